The molecule has 98 valence electrons. The van der Waals surface area contributed by atoms with Crippen molar-refractivity contribution >= 4 is 0 Å². The molecule has 0 saturated carbocycles. The van der Waals surface area contributed by atoms with Crippen LogP contribution in [0.2, 0.25) is 0 Å². The molecule has 0 fully saturated rings. The summed E-state index contributed by atoms with van der Waals surface area (Å²) >= 11 is 0. The van der Waals surface area contributed by atoms with Gasteiger partial charge in [0.25, 0.3) is 0 Å². The third-order valence-corrected chi connectivity index (χ3v) is 4.07. The summed E-state index contributed by atoms with van der Waals surface area (Å²) in [5.41, 5.74) is 9.93. The molecule has 1 aliphatic rings. The molecule has 0 radical (unpaired) electrons. The van der Waals surface area contributed by atoms with Gasteiger partial charge in [-0.15, -0.1) is 0 Å². The van der Waals surface area contributed by atoms with Crippen molar-refractivity contribution in [3.63, 3.8) is 0 Å². The molecule has 2 aromatic rings. The first-order valence-corrected chi connectivity index (χ1v) is 6.82. The first kappa shape index (κ1) is 12.4. The lowest BCUT2D eigenvalue weighted by atomic mass is 9.76. The van der Waals surface area contributed by atoms with Gasteiger partial charge in [0.05, 0.1) is 0 Å². The third-order valence-electron chi connectivity index (χ3n) is 4.07. The molecular formula is C17H18FN. The van der Waals surface area contributed by atoms with Crippen LogP contribution < -0.4 is 5.73 Å². The lowest BCUT2D eigenvalue weighted by molar-refractivity contribution is 0.465. The van der Waals surface area contributed by atoms with Crippen molar-refractivity contribution in [1.82, 2.24) is 0 Å². The third kappa shape index (κ3) is 2.54. The highest BCUT2D eigenvalue weighted by atomic mass is 19.1. The average molecular weight is 255 g/mol. The van der Waals surface area contributed by atoms with Crippen LogP contribution in [0, 0.1) is 5.82 Å². The Labute approximate surface area is 113 Å². The Bertz CT molecular complexity index is 565. The van der Waals surface area contributed by atoms with Gasteiger partial charge in [-0.1, -0.05) is 36.4 Å². The Balaban J connectivity index is 1.93. The van der Waals surface area contributed by atoms with E-state index in [1.807, 2.05) is 12.1 Å². The van der Waals surface area contributed by atoms with Crippen LogP contribution in [0.15, 0.2) is 48.5 Å². The van der Waals surface area contributed by atoms with Crippen molar-refractivity contribution in [3.05, 3.63) is 71.0 Å². The van der Waals surface area contributed by atoms with Gasteiger partial charge in [-0.3, -0.25) is 0 Å². The lowest BCUT2D eigenvalue weighted by Crippen LogP contribution is -2.34. The van der Waals surface area contributed by atoms with E-state index in [4.69, 9.17) is 5.73 Å². The van der Waals surface area contributed by atoms with Gasteiger partial charge < -0.3 is 5.73 Å². The summed E-state index contributed by atoms with van der Waals surface area (Å²) in [7, 11) is 0. The number of hydrogen-bond donors (Lipinski definition) is 1. The van der Waals surface area contributed by atoms with Crippen molar-refractivity contribution < 1.29 is 4.39 Å². The second-order valence-corrected chi connectivity index (χ2v) is 5.34. The van der Waals surface area contributed by atoms with Crippen LogP contribution in [0.25, 0.3) is 0 Å². The molecule has 0 amide bonds. The van der Waals surface area contributed by atoms with Gasteiger partial charge >= 0.3 is 0 Å². The van der Waals surface area contributed by atoms with E-state index < -0.39 is 0 Å². The minimum absolute atomic E-state index is 0.146. The number of hydrogen-bond acceptors (Lipinski definition) is 1. The summed E-state index contributed by atoms with van der Waals surface area (Å²) in [6.45, 7) is 0. The predicted molar refractivity (Wildman–Crippen MR) is 75.6 cm³/mol. The van der Waals surface area contributed by atoms with Crippen LogP contribution >= 0.6 is 0 Å². The Morgan fingerprint density at radius 2 is 1.89 bits per heavy atom. The Morgan fingerprint density at radius 1 is 1.11 bits per heavy atom. The number of fused-ring (bicyclic) bond motifs is 1. The van der Waals surface area contributed by atoms with Gasteiger partial charge in [0.15, 0.2) is 0 Å². The minimum atomic E-state index is -0.146. The molecule has 1 aliphatic carbocycles. The lowest BCUT2D eigenvalue weighted by Gasteiger charge is -2.31. The zero-order valence-corrected chi connectivity index (χ0v) is 10.9. The summed E-state index contributed by atoms with van der Waals surface area (Å²) in [6.07, 6.45) is 2.76. The smallest absolute Gasteiger partial charge is 0.123 e. The van der Waals surface area contributed by atoms with Gasteiger partial charge in [0.1, 0.15) is 5.82 Å². The normalized spacial score (nSPS) is 22.0. The van der Waals surface area contributed by atoms with Crippen LogP contribution in [-0.4, -0.2) is 6.04 Å². The molecule has 19 heavy (non-hydrogen) atoms. The van der Waals surface area contributed by atoms with Crippen LogP contribution in [0.3, 0.4) is 0 Å². The molecule has 2 N–H and O–H groups in total. The molecule has 2 atom stereocenters. The zero-order chi connectivity index (χ0) is 13.2. The van der Waals surface area contributed by atoms with E-state index in [1.54, 1.807) is 12.1 Å². The molecule has 1 nitrogen and oxygen atoms in total. The van der Waals surface area contributed by atoms with E-state index >= 15 is 0 Å². The number of rotatable bonds is 2. The fourth-order valence-corrected chi connectivity index (χ4v) is 3.04. The van der Waals surface area contributed by atoms with Gasteiger partial charge in [0.2, 0.25) is 0 Å². The van der Waals surface area contributed by atoms with Crippen molar-refractivity contribution in [3.8, 4) is 0 Å². The van der Waals surface area contributed by atoms with Gasteiger partial charge in [-0.25, -0.2) is 4.39 Å². The predicted octanol–water partition coefficient (Wildman–Crippen LogP) is 3.43. The molecule has 0 saturated heterocycles. The molecule has 0 aliphatic heterocycles. The summed E-state index contributed by atoms with van der Waals surface area (Å²) in [4.78, 5) is 0. The van der Waals surface area contributed by atoms with E-state index in [1.165, 1.54) is 11.1 Å². The van der Waals surface area contributed by atoms with E-state index in [0.29, 0.717) is 5.92 Å². The maximum atomic E-state index is 13.3. The maximum absolute atomic E-state index is 13.3. The summed E-state index contributed by atoms with van der Waals surface area (Å²) in [5.74, 6) is 0.152. The highest BCUT2D eigenvalue weighted by molar-refractivity contribution is 5.36. The second-order valence-electron chi connectivity index (χ2n) is 5.34. The van der Waals surface area contributed by atoms with E-state index in [9.17, 15) is 4.39 Å². The number of benzene rings is 2. The first-order chi connectivity index (χ1) is 9.24. The molecule has 2 unspecified atom stereocenters. The summed E-state index contributed by atoms with van der Waals surface area (Å²) in [6, 6.07) is 15.7. The highest BCUT2D eigenvalue weighted by Gasteiger charge is 2.27. The molecule has 0 spiro atoms. The van der Waals surface area contributed by atoms with Gasteiger partial charge in [-0.2, -0.15) is 0 Å². The standard InChI is InChI=1S/C17H18FN/c18-14-7-8-15-13(11-14)6-9-17(19)16(15)10-12-4-2-1-3-5-12/h1-5,7-8,11,16-17H,6,9-10,19H2. The van der Waals surface area contributed by atoms with E-state index in [-0.39, 0.29) is 11.9 Å². The minimum Gasteiger partial charge on any atom is -0.327 e. The molecule has 2 aromatic carbocycles. The largest absolute Gasteiger partial charge is 0.327 e. The highest BCUT2D eigenvalue weighted by Crippen LogP contribution is 2.33. The second kappa shape index (κ2) is 5.14. The van der Waals surface area contributed by atoms with Gasteiger partial charge in [-0.05, 0) is 48.1 Å². The number of halogens is 1. The van der Waals surface area contributed by atoms with E-state index in [2.05, 4.69) is 24.3 Å². The first-order valence-electron chi connectivity index (χ1n) is 6.82. The molecule has 2 heteroatoms. The fraction of sp³-hybridized carbons (Fsp3) is 0.294. The SMILES string of the molecule is NC1CCc2cc(F)ccc2C1Cc1ccccc1. The Morgan fingerprint density at radius 3 is 2.68 bits per heavy atom. The Kier molecular flexibility index (Phi) is 3.34. The molecule has 3 rings (SSSR count). The molecular weight excluding hydrogens is 237 g/mol. The maximum Gasteiger partial charge on any atom is 0.123 e. The molecule has 0 aromatic heterocycles. The summed E-state index contributed by atoms with van der Waals surface area (Å²) < 4.78 is 13.3. The van der Waals surface area contributed by atoms with Crippen LogP contribution in [0.4, 0.5) is 4.39 Å². The van der Waals surface area contributed by atoms with Crippen molar-refractivity contribution in [2.75, 3.05) is 0 Å². The van der Waals surface area contributed by atoms with Crippen molar-refractivity contribution in [2.24, 2.45) is 5.73 Å². The zero-order valence-electron chi connectivity index (χ0n) is 10.9. The van der Waals surface area contributed by atoms with Crippen molar-refractivity contribution in [2.45, 2.75) is 31.2 Å². The monoisotopic (exact) mass is 255 g/mol. The average Bonchev–Trinajstić information content (AvgIpc) is 2.43. The van der Waals surface area contributed by atoms with Crippen LogP contribution in [-0.2, 0) is 12.8 Å². The molecule has 0 heterocycles. The fourth-order valence-electron chi connectivity index (χ4n) is 3.04. The van der Waals surface area contributed by atoms with Crippen molar-refractivity contribution in [1.29, 1.82) is 0 Å². The number of aryl methyl sites for hydroxylation is 1. The molecule has 0 bridgehead atoms. The topological polar surface area (TPSA) is 26.0 Å². The quantitative estimate of drug-likeness (QED) is 0.874. The number of nitrogens with two attached hydrogens (primary N) is 1. The van der Waals surface area contributed by atoms with Crippen LogP contribution in [0.1, 0.15) is 29.0 Å². The van der Waals surface area contributed by atoms with Gasteiger partial charge in [0, 0.05) is 12.0 Å². The van der Waals surface area contributed by atoms with Crippen LogP contribution in [0.5, 0.6) is 0 Å². The summed E-state index contributed by atoms with van der Waals surface area (Å²) in [5, 5.41) is 0. The Hall–Kier alpha value is -1.67. The van der Waals surface area contributed by atoms with E-state index in [0.717, 1.165) is 24.8 Å².